The molecule has 2 rings (SSSR count). The summed E-state index contributed by atoms with van der Waals surface area (Å²) in [6.45, 7) is 5.12. The summed E-state index contributed by atoms with van der Waals surface area (Å²) in [6.07, 6.45) is 5.62. The predicted octanol–water partition coefficient (Wildman–Crippen LogP) is 0.396. The van der Waals surface area contributed by atoms with Gasteiger partial charge in [-0.3, -0.25) is 0 Å². The van der Waals surface area contributed by atoms with E-state index in [9.17, 15) is 0 Å². The molecule has 2 fully saturated rings. The molecular weight excluding hydrogens is 174 g/mol. The van der Waals surface area contributed by atoms with E-state index in [1.807, 2.05) is 0 Å². The lowest BCUT2D eigenvalue weighted by atomic mass is 9.57. The molecule has 1 unspecified atom stereocenters. The van der Waals surface area contributed by atoms with Gasteiger partial charge in [0.1, 0.15) is 0 Å². The molecule has 3 heteroatoms. The summed E-state index contributed by atoms with van der Waals surface area (Å²) >= 11 is 0. The van der Waals surface area contributed by atoms with Gasteiger partial charge in [0.2, 0.25) is 0 Å². The van der Waals surface area contributed by atoms with E-state index < -0.39 is 0 Å². The van der Waals surface area contributed by atoms with Gasteiger partial charge in [-0.25, -0.2) is 0 Å². The van der Waals surface area contributed by atoms with Crippen molar-refractivity contribution in [3.8, 4) is 0 Å². The number of hydrogen-bond donors (Lipinski definition) is 2. The smallest absolute Gasteiger partial charge is 0.0105 e. The van der Waals surface area contributed by atoms with Crippen molar-refractivity contribution in [2.75, 3.05) is 32.7 Å². The maximum Gasteiger partial charge on any atom is 0.0105 e. The highest BCUT2D eigenvalue weighted by molar-refractivity contribution is 4.98. The zero-order valence-electron chi connectivity index (χ0n) is 9.04. The summed E-state index contributed by atoms with van der Waals surface area (Å²) in [4.78, 5) is 2.49. The van der Waals surface area contributed by atoms with Crippen molar-refractivity contribution in [3.05, 3.63) is 0 Å². The van der Waals surface area contributed by atoms with Crippen LogP contribution in [0.25, 0.3) is 0 Å². The van der Waals surface area contributed by atoms with Crippen LogP contribution in [0.4, 0.5) is 0 Å². The zero-order chi connectivity index (χ0) is 10.0. The topological polar surface area (TPSA) is 55.3 Å². The van der Waals surface area contributed by atoms with Crippen LogP contribution in [0, 0.1) is 11.3 Å². The molecule has 0 aromatic carbocycles. The molecule has 1 spiro atoms. The molecule has 0 aromatic heterocycles. The summed E-state index contributed by atoms with van der Waals surface area (Å²) in [6, 6.07) is 0. The first-order chi connectivity index (χ1) is 6.80. The Morgan fingerprint density at radius 1 is 1.21 bits per heavy atom. The molecule has 4 N–H and O–H groups in total. The number of piperidine rings is 1. The van der Waals surface area contributed by atoms with E-state index in [2.05, 4.69) is 4.90 Å². The third-order valence-corrected chi connectivity index (χ3v) is 4.35. The first-order valence-corrected chi connectivity index (χ1v) is 5.93. The molecule has 2 aliphatic rings. The average molecular weight is 197 g/mol. The quantitative estimate of drug-likeness (QED) is 0.688. The normalized spacial score (nSPS) is 31.7. The first-order valence-electron chi connectivity index (χ1n) is 5.93. The minimum Gasteiger partial charge on any atom is -0.330 e. The lowest BCUT2D eigenvalue weighted by Gasteiger charge is -2.53. The molecule has 0 bridgehead atoms. The number of likely N-dealkylation sites (tertiary alicyclic amines) is 1. The third-order valence-electron chi connectivity index (χ3n) is 4.35. The zero-order valence-corrected chi connectivity index (χ0v) is 9.04. The maximum atomic E-state index is 5.89. The Morgan fingerprint density at radius 2 is 2.00 bits per heavy atom. The Bertz CT molecular complexity index is 189. The Hall–Kier alpha value is -0.120. The maximum absolute atomic E-state index is 5.89. The molecule has 1 aliphatic carbocycles. The molecule has 0 radical (unpaired) electrons. The number of hydrogen-bond acceptors (Lipinski definition) is 3. The molecule has 0 amide bonds. The molecule has 1 atom stereocenters. The van der Waals surface area contributed by atoms with Crippen LogP contribution in [-0.4, -0.2) is 37.6 Å². The fraction of sp³-hybridized carbons (Fsp3) is 1.00. The van der Waals surface area contributed by atoms with Gasteiger partial charge in [-0.05, 0) is 43.7 Å². The molecule has 1 heterocycles. The van der Waals surface area contributed by atoms with Gasteiger partial charge in [-0.2, -0.15) is 0 Å². The standard InChI is InChI=1S/C11H23N3/c12-5-7-14-6-4-11(2-1-3-11)10(8-13)9-14/h10H,1-9,12-13H2. The van der Waals surface area contributed by atoms with Crippen LogP contribution in [0.3, 0.4) is 0 Å². The van der Waals surface area contributed by atoms with E-state index in [0.717, 1.165) is 25.6 Å². The van der Waals surface area contributed by atoms with Crippen molar-refractivity contribution >= 4 is 0 Å². The van der Waals surface area contributed by atoms with E-state index in [1.54, 1.807) is 0 Å². The number of nitrogens with two attached hydrogens (primary N) is 2. The second kappa shape index (κ2) is 4.17. The Balaban J connectivity index is 1.93. The van der Waals surface area contributed by atoms with E-state index >= 15 is 0 Å². The lowest BCUT2D eigenvalue weighted by molar-refractivity contribution is -0.0244. The van der Waals surface area contributed by atoms with E-state index in [1.165, 1.54) is 38.8 Å². The number of nitrogens with zero attached hydrogens (tertiary/aromatic N) is 1. The predicted molar refractivity (Wildman–Crippen MR) is 58.9 cm³/mol. The van der Waals surface area contributed by atoms with Crippen LogP contribution in [0.5, 0.6) is 0 Å². The van der Waals surface area contributed by atoms with Gasteiger partial charge in [0.05, 0.1) is 0 Å². The van der Waals surface area contributed by atoms with E-state index in [4.69, 9.17) is 11.5 Å². The van der Waals surface area contributed by atoms with Gasteiger partial charge in [0.25, 0.3) is 0 Å². The van der Waals surface area contributed by atoms with Crippen molar-refractivity contribution in [1.29, 1.82) is 0 Å². The first kappa shape index (κ1) is 10.4. The fourth-order valence-electron chi connectivity index (χ4n) is 3.18. The second-order valence-electron chi connectivity index (χ2n) is 4.99. The van der Waals surface area contributed by atoms with Gasteiger partial charge in [0.15, 0.2) is 0 Å². The van der Waals surface area contributed by atoms with Crippen LogP contribution < -0.4 is 11.5 Å². The molecule has 14 heavy (non-hydrogen) atoms. The lowest BCUT2D eigenvalue weighted by Crippen LogP contribution is -2.53. The highest BCUT2D eigenvalue weighted by atomic mass is 15.1. The minimum atomic E-state index is 0.639. The summed E-state index contributed by atoms with van der Waals surface area (Å²) in [5, 5.41) is 0. The summed E-state index contributed by atoms with van der Waals surface area (Å²) in [5.41, 5.74) is 12.1. The van der Waals surface area contributed by atoms with Gasteiger partial charge in [-0.15, -0.1) is 0 Å². The van der Waals surface area contributed by atoms with Crippen LogP contribution in [0.15, 0.2) is 0 Å². The van der Waals surface area contributed by atoms with Gasteiger partial charge in [0, 0.05) is 19.6 Å². The highest BCUT2D eigenvalue weighted by Gasteiger charge is 2.45. The number of rotatable bonds is 3. The third kappa shape index (κ3) is 1.69. The molecular formula is C11H23N3. The van der Waals surface area contributed by atoms with Gasteiger partial charge in [-0.1, -0.05) is 6.42 Å². The molecule has 3 nitrogen and oxygen atoms in total. The van der Waals surface area contributed by atoms with Crippen LogP contribution in [-0.2, 0) is 0 Å². The van der Waals surface area contributed by atoms with Crippen LogP contribution in [0.1, 0.15) is 25.7 Å². The molecule has 1 saturated heterocycles. The Labute approximate surface area is 86.8 Å². The monoisotopic (exact) mass is 197 g/mol. The van der Waals surface area contributed by atoms with E-state index in [0.29, 0.717) is 5.41 Å². The van der Waals surface area contributed by atoms with Crippen molar-refractivity contribution in [2.45, 2.75) is 25.7 Å². The largest absolute Gasteiger partial charge is 0.330 e. The Morgan fingerprint density at radius 3 is 2.50 bits per heavy atom. The summed E-state index contributed by atoms with van der Waals surface area (Å²) in [7, 11) is 0. The second-order valence-corrected chi connectivity index (χ2v) is 4.99. The van der Waals surface area contributed by atoms with Crippen molar-refractivity contribution < 1.29 is 0 Å². The summed E-state index contributed by atoms with van der Waals surface area (Å²) < 4.78 is 0. The molecule has 1 aliphatic heterocycles. The van der Waals surface area contributed by atoms with Crippen LogP contribution >= 0.6 is 0 Å². The fourth-order valence-corrected chi connectivity index (χ4v) is 3.18. The summed E-state index contributed by atoms with van der Waals surface area (Å²) in [5.74, 6) is 0.733. The molecule has 1 saturated carbocycles. The highest BCUT2D eigenvalue weighted by Crippen LogP contribution is 2.51. The van der Waals surface area contributed by atoms with Gasteiger partial charge < -0.3 is 16.4 Å². The van der Waals surface area contributed by atoms with Crippen molar-refractivity contribution in [2.24, 2.45) is 22.8 Å². The molecule has 0 aromatic rings. The van der Waals surface area contributed by atoms with Gasteiger partial charge >= 0.3 is 0 Å². The Kier molecular flexibility index (Phi) is 3.10. The van der Waals surface area contributed by atoms with Crippen molar-refractivity contribution in [1.82, 2.24) is 4.90 Å². The van der Waals surface area contributed by atoms with E-state index in [-0.39, 0.29) is 0 Å². The average Bonchev–Trinajstić information content (AvgIpc) is 2.16. The van der Waals surface area contributed by atoms with Crippen molar-refractivity contribution in [3.63, 3.8) is 0 Å². The van der Waals surface area contributed by atoms with Crippen LogP contribution in [0.2, 0.25) is 0 Å². The minimum absolute atomic E-state index is 0.639. The SMILES string of the molecule is NCCN1CCC2(CCC2)C(CN)C1. The molecule has 82 valence electrons.